The lowest BCUT2D eigenvalue weighted by Crippen LogP contribution is -2.50. The first-order valence-electron chi connectivity index (χ1n) is 51.1. The summed E-state index contributed by atoms with van der Waals surface area (Å²) in [6.45, 7) is 71.8. The van der Waals surface area contributed by atoms with Crippen molar-refractivity contribution in [3.63, 3.8) is 0 Å². The van der Waals surface area contributed by atoms with E-state index < -0.39 is 0 Å². The highest BCUT2D eigenvalue weighted by atomic mass is 16.2. The molecule has 0 radical (unpaired) electrons. The molecule has 0 aromatic heterocycles. The number of amides is 11. The highest BCUT2D eigenvalue weighted by molar-refractivity contribution is 5.84. The lowest BCUT2D eigenvalue weighted by atomic mass is 10.1. The average molecular weight is 1870 g/mol. The van der Waals surface area contributed by atoms with Gasteiger partial charge in [-0.05, 0) is 170 Å². The average Bonchev–Trinajstić information content (AvgIpc) is 1.00. The Kier molecular flexibility index (Phi) is 73.2. The maximum atomic E-state index is 11.9. The number of Topliss-reactive ketones (excluding diaryl/α,β-unsaturated/α-hetero) is 2. The second-order valence-corrected chi connectivity index (χ2v) is 39.0. The third kappa shape index (κ3) is 67.4. The topological polar surface area (TPSA) is 380 Å². The zero-order chi connectivity index (χ0) is 99.3. The number of piperidine rings is 3. The Morgan fingerprint density at radius 2 is 0.470 bits per heavy atom. The number of nitrogens with one attached hydrogen (secondary N) is 8. The molecule has 0 aromatic carbocycles. The number of carbonyl (C=O) groups is 13. The molecule has 0 spiro atoms. The fraction of sp³-hybridized carbons (Fsp3) is 0.869. The van der Waals surface area contributed by atoms with Gasteiger partial charge in [-0.25, -0.2) is 0 Å². The molecule has 0 saturated carbocycles. The van der Waals surface area contributed by atoms with Gasteiger partial charge in [0.2, 0.25) is 65.0 Å². The van der Waals surface area contributed by atoms with Gasteiger partial charge in [-0.3, -0.25) is 72.2 Å². The van der Waals surface area contributed by atoms with Gasteiger partial charge in [-0.15, -0.1) is 0 Å². The van der Waals surface area contributed by atoms with Crippen molar-refractivity contribution in [2.24, 2.45) is 53.1 Å². The highest BCUT2D eigenvalue weighted by Gasteiger charge is 2.25. The van der Waals surface area contributed by atoms with Gasteiger partial charge in [0.05, 0.1) is 6.04 Å². The van der Waals surface area contributed by atoms with Crippen molar-refractivity contribution in [3.05, 3.63) is 0 Å². The van der Waals surface area contributed by atoms with Gasteiger partial charge < -0.3 is 92.3 Å². The zero-order valence-electron chi connectivity index (χ0n) is 87.1. The smallest absolute Gasteiger partial charge is 0.223 e. The molecule has 7 saturated heterocycles. The van der Waals surface area contributed by atoms with Crippen LogP contribution in [0.1, 0.15) is 260 Å². The van der Waals surface area contributed by atoms with Crippen LogP contribution in [-0.4, -0.2) is 386 Å². The lowest BCUT2D eigenvalue weighted by Gasteiger charge is -2.34. The standard InChI is InChI=1S/C15H27N3O3.C13H25N3O2.C13H27N3O.C13H26N2O.C12H23N3O2.C11H22N2O2.2C11H22N2O/c1-12(2)15(21)16-6-7-17-8-10-18(11-9-17)14(20)5-4-13(3)19;1-11(2)13(18)14-5-8-15-6-4-7-16(10-9-15)12(3)17;1-12(2)13(17)14-6-4-5-7-16-10-8-15(3)9-11-16;1-12(2)13(16)14-8-4-7-11-15-9-5-3-6-10-15;1-10(2)12(17)13-4-5-14-6-8-15(9-7-14)11(3)16;1-8(2)11(15)13-7-5-4-6-10(12)9(3)14;2*1-10(2)11(14)12-6-9-13-7-4-3-5-8-13/h12H,4-11H2,1-3H3,(H,16,21);11H,4-10H2,1-3H3,(H,14,18);12H,4-11H2,1-3H3,(H,14,17);12H,3-11H2,1-2H3,(H,14,16);10H,4-9H2,1-3H3,(H,13,17);8,10H,4-7,12H2,1-3H3,(H,13,15);2*10H,3-9H2,1-2H3,(H,12,14)/t;;;;;10-;;/m.....0../s1. The van der Waals surface area contributed by atoms with Crippen molar-refractivity contribution < 1.29 is 62.3 Å². The highest BCUT2D eigenvalue weighted by Crippen LogP contribution is 2.14. The summed E-state index contributed by atoms with van der Waals surface area (Å²) >= 11 is 0. The van der Waals surface area contributed by atoms with E-state index >= 15 is 0 Å². The van der Waals surface area contributed by atoms with Crippen LogP contribution in [0.3, 0.4) is 0 Å². The Bertz CT molecular complexity index is 3080. The Hall–Kier alpha value is -6.85. The fourth-order valence-corrected chi connectivity index (χ4v) is 14.6. The van der Waals surface area contributed by atoms with Crippen LogP contribution in [-0.2, 0) is 62.3 Å². The summed E-state index contributed by atoms with van der Waals surface area (Å²) < 4.78 is 0. The molecule has 1 atom stereocenters. The number of carbonyl (C=O) groups excluding carboxylic acids is 13. The van der Waals surface area contributed by atoms with Crippen LogP contribution in [0.15, 0.2) is 0 Å². The summed E-state index contributed by atoms with van der Waals surface area (Å²) in [5.41, 5.74) is 5.57. The van der Waals surface area contributed by atoms with Gasteiger partial charge in [-0.1, -0.05) is 130 Å². The largest absolute Gasteiger partial charge is 0.356 e. The molecule has 7 heterocycles. The van der Waals surface area contributed by atoms with Crippen molar-refractivity contribution in [2.45, 2.75) is 267 Å². The van der Waals surface area contributed by atoms with E-state index in [0.29, 0.717) is 58.5 Å². The van der Waals surface area contributed by atoms with Crippen molar-refractivity contribution in [2.75, 3.05) is 249 Å². The number of hydrogen-bond donors (Lipinski definition) is 9. The molecule has 10 N–H and O–H groups in total. The number of unbranched alkanes of at least 4 members (excludes halogenated alkanes) is 3. The summed E-state index contributed by atoms with van der Waals surface area (Å²) in [4.78, 5) is 171. The van der Waals surface area contributed by atoms with Gasteiger partial charge in [0.15, 0.2) is 0 Å². The number of rotatable bonds is 42. The molecule has 11 amide bonds. The van der Waals surface area contributed by atoms with Gasteiger partial charge in [0.25, 0.3) is 0 Å². The molecule has 0 bridgehead atoms. The quantitative estimate of drug-likeness (QED) is 0.0289. The minimum atomic E-state index is -0.342. The predicted molar refractivity (Wildman–Crippen MR) is 534 cm³/mol. The van der Waals surface area contributed by atoms with E-state index in [1.54, 1.807) is 13.8 Å². The summed E-state index contributed by atoms with van der Waals surface area (Å²) in [7, 11) is 2.18. The van der Waals surface area contributed by atoms with E-state index in [9.17, 15) is 62.3 Å². The second kappa shape index (κ2) is 77.2. The first-order valence-corrected chi connectivity index (χ1v) is 51.1. The number of ketones is 2. The number of piperazine rings is 3. The summed E-state index contributed by atoms with van der Waals surface area (Å²) in [6, 6.07) is -0.342. The van der Waals surface area contributed by atoms with E-state index in [-0.39, 0.29) is 130 Å². The molecule has 7 aliphatic rings. The first-order chi connectivity index (χ1) is 62.5. The number of nitrogens with zero attached hydrogens (tertiary/aromatic N) is 11. The molecule has 768 valence electrons. The molecule has 7 aliphatic heterocycles. The predicted octanol–water partition coefficient (Wildman–Crippen LogP) is 6.65. The van der Waals surface area contributed by atoms with Gasteiger partial charge in [0, 0.05) is 257 Å². The van der Waals surface area contributed by atoms with Gasteiger partial charge >= 0.3 is 0 Å². The maximum Gasteiger partial charge on any atom is 0.223 e. The summed E-state index contributed by atoms with van der Waals surface area (Å²) in [5.74, 6) is 2.08. The molecule has 0 aliphatic carbocycles. The number of likely N-dealkylation sites (N-methyl/N-ethyl adjacent to an activating group) is 1. The third-order valence-corrected chi connectivity index (χ3v) is 24.2. The van der Waals surface area contributed by atoms with Crippen LogP contribution < -0.4 is 48.3 Å². The maximum absolute atomic E-state index is 11.9. The number of hydrogen-bond acceptors (Lipinski definition) is 22. The van der Waals surface area contributed by atoms with Crippen LogP contribution in [0.2, 0.25) is 0 Å². The van der Waals surface area contributed by atoms with Crippen molar-refractivity contribution >= 4 is 76.5 Å². The van der Waals surface area contributed by atoms with Crippen molar-refractivity contribution in [1.29, 1.82) is 0 Å². The SMILES string of the molecule is CC(=O)CCC(=O)N1CCN(CCNC(=O)C(C)C)CC1.CC(=O)N1CCCN(CCNC(=O)C(C)C)CC1.CC(=O)N1CCN(CCNC(=O)C(C)C)CC1.CC(=O)[C@@H](N)CCCCNC(=O)C(C)C.CC(C)C(=O)NCCCCN1CCCCC1.CC(C)C(=O)NCCCCN1CCN(C)CC1.CC(C)C(=O)NCCN1CCCCC1.CC(C)C(=O)NCCN1CCCCC1. The first kappa shape index (κ1) is 125. The minimum absolute atomic E-state index is 0.0146. The number of likely N-dealkylation sites (tertiary alicyclic amines) is 3. The van der Waals surface area contributed by atoms with Crippen LogP contribution in [0, 0.1) is 47.3 Å². The molecule has 132 heavy (non-hydrogen) atoms. The van der Waals surface area contributed by atoms with Crippen LogP contribution >= 0.6 is 0 Å². The Morgan fingerprint density at radius 3 is 0.742 bits per heavy atom. The van der Waals surface area contributed by atoms with Crippen LogP contribution in [0.25, 0.3) is 0 Å². The Balaban J connectivity index is 0.00000149. The molecule has 7 fully saturated rings. The third-order valence-electron chi connectivity index (χ3n) is 24.2. The Labute approximate surface area is 800 Å². The van der Waals surface area contributed by atoms with Gasteiger partial charge in [-0.2, -0.15) is 0 Å². The van der Waals surface area contributed by atoms with E-state index in [1.165, 1.54) is 163 Å². The molecule has 33 heteroatoms. The number of nitrogens with two attached hydrogens (primary N) is 1. The minimum Gasteiger partial charge on any atom is -0.356 e. The zero-order valence-corrected chi connectivity index (χ0v) is 87.1. The fourth-order valence-electron chi connectivity index (χ4n) is 14.6. The van der Waals surface area contributed by atoms with Crippen LogP contribution in [0.4, 0.5) is 0 Å². The molecular formula is C99H194N20O13. The van der Waals surface area contributed by atoms with Crippen LogP contribution in [0.5, 0.6) is 0 Å². The second-order valence-electron chi connectivity index (χ2n) is 39.0. The Morgan fingerprint density at radius 1 is 0.242 bits per heavy atom. The van der Waals surface area contributed by atoms with Gasteiger partial charge in [0.1, 0.15) is 11.6 Å². The van der Waals surface area contributed by atoms with E-state index in [0.717, 1.165) is 156 Å². The van der Waals surface area contributed by atoms with E-state index in [2.05, 4.69) is 88.8 Å². The van der Waals surface area contributed by atoms with Crippen molar-refractivity contribution in [3.8, 4) is 0 Å². The normalized spacial score (nSPS) is 17.1. The summed E-state index contributed by atoms with van der Waals surface area (Å²) in [6.07, 6.45) is 20.8. The molecular weight excluding hydrogens is 1680 g/mol. The molecule has 0 unspecified atom stereocenters. The summed E-state index contributed by atoms with van der Waals surface area (Å²) in [5, 5.41) is 23.4. The van der Waals surface area contributed by atoms with E-state index in [4.69, 9.17) is 5.73 Å². The van der Waals surface area contributed by atoms with Crippen molar-refractivity contribution in [1.82, 2.24) is 96.4 Å². The monoisotopic (exact) mass is 1870 g/mol. The lowest BCUT2D eigenvalue weighted by molar-refractivity contribution is -0.134. The molecule has 7 rings (SSSR count). The molecule has 0 aromatic rings. The molecule has 33 nitrogen and oxygen atoms in total. The van der Waals surface area contributed by atoms with E-state index in [1.807, 2.05) is 125 Å².